The molecule has 9 heteroatoms. The van der Waals surface area contributed by atoms with Gasteiger partial charge in [0.2, 0.25) is 0 Å². The number of para-hydroxylation sites is 1. The molecule has 1 amide bonds. The predicted molar refractivity (Wildman–Crippen MR) is 98.7 cm³/mol. The Kier molecular flexibility index (Phi) is 5.90. The van der Waals surface area contributed by atoms with Crippen molar-refractivity contribution in [3.8, 4) is 5.75 Å². The SMILES string of the molecule is CCn1ncc(Br)c1CNC(=O)c1noc(C)c1COc1ccccc1F. The zero-order valence-corrected chi connectivity index (χ0v) is 16.4. The van der Waals surface area contributed by atoms with Crippen molar-refractivity contribution in [3.63, 3.8) is 0 Å². The number of halogens is 2. The number of nitrogens with one attached hydrogen (secondary N) is 1. The fraction of sp³-hybridized carbons (Fsp3) is 0.278. The number of hydrogen-bond donors (Lipinski definition) is 1. The fourth-order valence-corrected chi connectivity index (χ4v) is 2.97. The summed E-state index contributed by atoms with van der Waals surface area (Å²) < 4.78 is 26.9. The van der Waals surface area contributed by atoms with Crippen LogP contribution in [0.15, 0.2) is 39.5 Å². The van der Waals surface area contributed by atoms with Crippen LogP contribution in [0, 0.1) is 12.7 Å². The highest BCUT2D eigenvalue weighted by Crippen LogP contribution is 2.21. The van der Waals surface area contributed by atoms with Gasteiger partial charge in [-0.05, 0) is 41.9 Å². The molecule has 0 unspecified atom stereocenters. The lowest BCUT2D eigenvalue weighted by atomic mass is 10.2. The summed E-state index contributed by atoms with van der Waals surface area (Å²) in [5.74, 6) is -0.346. The van der Waals surface area contributed by atoms with E-state index in [4.69, 9.17) is 9.26 Å². The van der Waals surface area contributed by atoms with Gasteiger partial charge in [-0.25, -0.2) is 4.39 Å². The van der Waals surface area contributed by atoms with Crippen molar-refractivity contribution >= 4 is 21.8 Å². The first kappa shape index (κ1) is 19.1. The highest BCUT2D eigenvalue weighted by molar-refractivity contribution is 9.10. The number of nitrogens with zero attached hydrogens (tertiary/aromatic N) is 3. The number of carbonyl (C=O) groups excluding carboxylic acids is 1. The van der Waals surface area contributed by atoms with E-state index in [2.05, 4.69) is 31.5 Å². The Morgan fingerprint density at radius 3 is 2.93 bits per heavy atom. The summed E-state index contributed by atoms with van der Waals surface area (Å²) in [6.45, 7) is 4.56. The summed E-state index contributed by atoms with van der Waals surface area (Å²) >= 11 is 3.42. The van der Waals surface area contributed by atoms with E-state index in [0.717, 1.165) is 10.2 Å². The van der Waals surface area contributed by atoms with Gasteiger partial charge in [0.05, 0.1) is 28.5 Å². The van der Waals surface area contributed by atoms with Crippen LogP contribution in [0.1, 0.15) is 34.4 Å². The number of benzene rings is 1. The normalized spacial score (nSPS) is 10.8. The van der Waals surface area contributed by atoms with Gasteiger partial charge in [-0.3, -0.25) is 9.48 Å². The smallest absolute Gasteiger partial charge is 0.274 e. The summed E-state index contributed by atoms with van der Waals surface area (Å²) in [5, 5.41) is 10.8. The van der Waals surface area contributed by atoms with Crippen molar-refractivity contribution in [1.82, 2.24) is 20.3 Å². The third-order valence-corrected chi connectivity index (χ3v) is 4.68. The Labute approximate surface area is 163 Å². The van der Waals surface area contributed by atoms with Crippen molar-refractivity contribution in [1.29, 1.82) is 0 Å². The molecule has 0 aliphatic carbocycles. The molecule has 3 aromatic rings. The van der Waals surface area contributed by atoms with Crippen molar-refractivity contribution in [3.05, 3.63) is 63.5 Å². The summed E-state index contributed by atoms with van der Waals surface area (Å²) in [5.41, 5.74) is 1.43. The minimum absolute atomic E-state index is 0.0321. The first-order valence-electron chi connectivity index (χ1n) is 8.32. The van der Waals surface area contributed by atoms with E-state index in [1.807, 2.05) is 6.92 Å². The molecule has 0 atom stereocenters. The minimum Gasteiger partial charge on any atom is -0.486 e. The van der Waals surface area contributed by atoms with E-state index < -0.39 is 11.7 Å². The molecule has 27 heavy (non-hydrogen) atoms. The Hall–Kier alpha value is -2.68. The highest BCUT2D eigenvalue weighted by Gasteiger charge is 2.21. The quantitative estimate of drug-likeness (QED) is 0.611. The van der Waals surface area contributed by atoms with Gasteiger partial charge >= 0.3 is 0 Å². The van der Waals surface area contributed by atoms with E-state index in [0.29, 0.717) is 17.9 Å². The molecule has 3 rings (SSSR count). The van der Waals surface area contributed by atoms with Crippen LogP contribution >= 0.6 is 15.9 Å². The van der Waals surface area contributed by atoms with Crippen LogP contribution in [0.25, 0.3) is 0 Å². The van der Waals surface area contributed by atoms with Crippen LogP contribution < -0.4 is 10.1 Å². The zero-order valence-electron chi connectivity index (χ0n) is 14.8. The van der Waals surface area contributed by atoms with Gasteiger partial charge in [0.15, 0.2) is 17.3 Å². The molecule has 0 radical (unpaired) electrons. The molecule has 0 aliphatic rings. The molecule has 2 heterocycles. The summed E-state index contributed by atoms with van der Waals surface area (Å²) in [4.78, 5) is 12.6. The van der Waals surface area contributed by atoms with Crippen molar-refractivity contribution in [2.24, 2.45) is 0 Å². The van der Waals surface area contributed by atoms with Crippen LogP contribution in [0.3, 0.4) is 0 Å². The Morgan fingerprint density at radius 2 is 2.19 bits per heavy atom. The Balaban J connectivity index is 1.70. The second-order valence-corrected chi connectivity index (χ2v) is 6.58. The number of rotatable bonds is 7. The number of ether oxygens (including phenoxy) is 1. The molecule has 7 nitrogen and oxygen atoms in total. The van der Waals surface area contributed by atoms with Gasteiger partial charge in [0.1, 0.15) is 12.4 Å². The molecule has 0 bridgehead atoms. The first-order chi connectivity index (χ1) is 13.0. The number of aromatic nitrogens is 3. The zero-order chi connectivity index (χ0) is 19.4. The number of carbonyl (C=O) groups is 1. The molecule has 0 saturated heterocycles. The molecule has 0 fully saturated rings. The number of hydrogen-bond acceptors (Lipinski definition) is 5. The van der Waals surface area contributed by atoms with Crippen molar-refractivity contribution in [2.75, 3.05) is 0 Å². The van der Waals surface area contributed by atoms with Gasteiger partial charge in [-0.15, -0.1) is 0 Å². The summed E-state index contributed by atoms with van der Waals surface area (Å²) in [6, 6.07) is 6.06. The van der Waals surface area contributed by atoms with Crippen LogP contribution in [-0.2, 0) is 19.7 Å². The lowest BCUT2D eigenvalue weighted by molar-refractivity contribution is 0.0938. The first-order valence-corrected chi connectivity index (χ1v) is 9.11. The lowest BCUT2D eigenvalue weighted by Crippen LogP contribution is -2.26. The molecular formula is C18H18BrFN4O3. The lowest BCUT2D eigenvalue weighted by Gasteiger charge is -2.09. The molecule has 0 aliphatic heterocycles. The second kappa shape index (κ2) is 8.34. The average molecular weight is 437 g/mol. The van der Waals surface area contributed by atoms with Gasteiger partial charge in [-0.1, -0.05) is 17.3 Å². The maximum Gasteiger partial charge on any atom is 0.274 e. The largest absolute Gasteiger partial charge is 0.486 e. The van der Waals surface area contributed by atoms with Crippen LogP contribution in [0.5, 0.6) is 5.75 Å². The van der Waals surface area contributed by atoms with E-state index in [1.54, 1.807) is 29.9 Å². The summed E-state index contributed by atoms with van der Waals surface area (Å²) in [7, 11) is 0. The molecule has 2 aromatic heterocycles. The third kappa shape index (κ3) is 4.19. The van der Waals surface area contributed by atoms with Crippen molar-refractivity contribution in [2.45, 2.75) is 33.5 Å². The molecule has 142 valence electrons. The topological polar surface area (TPSA) is 82.2 Å². The monoisotopic (exact) mass is 436 g/mol. The van der Waals surface area contributed by atoms with Crippen LogP contribution in [-0.4, -0.2) is 20.8 Å². The highest BCUT2D eigenvalue weighted by atomic mass is 79.9. The van der Waals surface area contributed by atoms with E-state index in [1.165, 1.54) is 12.1 Å². The predicted octanol–water partition coefficient (Wildman–Crippen LogP) is 3.61. The molecule has 1 N–H and O–H groups in total. The van der Waals surface area contributed by atoms with Crippen LogP contribution in [0.4, 0.5) is 4.39 Å². The molecular weight excluding hydrogens is 419 g/mol. The van der Waals surface area contributed by atoms with Gasteiger partial charge < -0.3 is 14.6 Å². The minimum atomic E-state index is -0.477. The average Bonchev–Trinajstić information content (AvgIpc) is 3.21. The Bertz CT molecular complexity index is 954. The third-order valence-electron chi connectivity index (χ3n) is 4.02. The van der Waals surface area contributed by atoms with E-state index in [9.17, 15) is 9.18 Å². The van der Waals surface area contributed by atoms with Crippen molar-refractivity contribution < 1.29 is 18.4 Å². The van der Waals surface area contributed by atoms with Crippen LogP contribution in [0.2, 0.25) is 0 Å². The maximum atomic E-state index is 13.7. The summed E-state index contributed by atoms with van der Waals surface area (Å²) in [6.07, 6.45) is 1.68. The standard InChI is InChI=1S/C18H18BrFN4O3/c1-3-24-15(13(19)8-22-24)9-21-18(25)17-12(11(2)27-23-17)10-26-16-7-5-4-6-14(16)20/h4-8H,3,9-10H2,1-2H3,(H,21,25). The van der Waals surface area contributed by atoms with Gasteiger partial charge in [0, 0.05) is 6.54 Å². The second-order valence-electron chi connectivity index (χ2n) is 5.72. The number of aryl methyl sites for hydroxylation is 2. The van der Waals surface area contributed by atoms with Gasteiger partial charge in [0.25, 0.3) is 5.91 Å². The molecule has 1 aromatic carbocycles. The van der Waals surface area contributed by atoms with Gasteiger partial charge in [-0.2, -0.15) is 5.10 Å². The molecule has 0 spiro atoms. The van der Waals surface area contributed by atoms with E-state index in [-0.39, 0.29) is 24.6 Å². The van der Waals surface area contributed by atoms with E-state index >= 15 is 0 Å². The Morgan fingerprint density at radius 1 is 1.41 bits per heavy atom. The maximum absolute atomic E-state index is 13.7. The number of amides is 1. The fourth-order valence-electron chi connectivity index (χ4n) is 2.54. The molecule has 0 saturated carbocycles.